The fraction of sp³-hybridized carbons (Fsp3) is 0.0769. The lowest BCUT2D eigenvalue weighted by molar-refractivity contribution is 0.595. The quantitative estimate of drug-likeness (QED) is 0.792. The summed E-state index contributed by atoms with van der Waals surface area (Å²) in [6.07, 6.45) is 0. The Morgan fingerprint density at radius 1 is 1.00 bits per heavy atom. The normalized spacial score (nSPS) is 11.5. The zero-order valence-corrected chi connectivity index (χ0v) is 13.8. The lowest BCUT2D eigenvalue weighted by Crippen LogP contribution is -2.06. The van der Waals surface area contributed by atoms with E-state index < -0.39 is 9.84 Å². The van der Waals surface area contributed by atoms with Crippen molar-refractivity contribution in [2.75, 3.05) is 5.73 Å². The highest BCUT2D eigenvalue weighted by molar-refractivity contribution is 9.10. The number of halogens is 2. The maximum Gasteiger partial charge on any atom is 0.183 e. The summed E-state index contributed by atoms with van der Waals surface area (Å²) in [6.45, 7) is 0. The number of benzene rings is 2. The largest absolute Gasteiger partial charge is 0.398 e. The number of sulfone groups is 1. The van der Waals surface area contributed by atoms with Crippen molar-refractivity contribution in [3.8, 4) is 0 Å². The Balaban J connectivity index is 2.37. The van der Waals surface area contributed by atoms with Crippen LogP contribution in [0.25, 0.3) is 0 Å². The van der Waals surface area contributed by atoms with Crippen LogP contribution in [0.4, 0.5) is 5.69 Å². The van der Waals surface area contributed by atoms with Crippen LogP contribution in [0.5, 0.6) is 0 Å². The summed E-state index contributed by atoms with van der Waals surface area (Å²) in [5.74, 6) is -0.0763. The van der Waals surface area contributed by atoms with E-state index >= 15 is 0 Å². The van der Waals surface area contributed by atoms with Crippen molar-refractivity contribution in [3.63, 3.8) is 0 Å². The van der Waals surface area contributed by atoms with Crippen molar-refractivity contribution in [2.24, 2.45) is 0 Å². The van der Waals surface area contributed by atoms with Crippen LogP contribution in [0.15, 0.2) is 56.3 Å². The second-order valence-electron chi connectivity index (χ2n) is 4.05. The number of nitrogens with two attached hydrogens (primary N) is 1. The molecule has 2 rings (SSSR count). The average Bonchev–Trinajstić information content (AvgIpc) is 2.34. The SMILES string of the molecule is Nc1cc(CS(=O)(=O)c2ccccc2Br)ccc1Br. The summed E-state index contributed by atoms with van der Waals surface area (Å²) < 4.78 is 26.0. The number of rotatable bonds is 3. The van der Waals surface area contributed by atoms with Crippen LogP contribution in [0.3, 0.4) is 0 Å². The van der Waals surface area contributed by atoms with E-state index in [4.69, 9.17) is 5.73 Å². The van der Waals surface area contributed by atoms with Gasteiger partial charge >= 0.3 is 0 Å². The van der Waals surface area contributed by atoms with Gasteiger partial charge in [-0.05, 0) is 61.7 Å². The Kier molecular flexibility index (Phi) is 4.32. The van der Waals surface area contributed by atoms with Crippen LogP contribution in [0, 0.1) is 0 Å². The van der Waals surface area contributed by atoms with Gasteiger partial charge in [-0.25, -0.2) is 8.42 Å². The molecule has 0 heterocycles. The molecule has 2 aromatic carbocycles. The van der Waals surface area contributed by atoms with Gasteiger partial charge in [-0.1, -0.05) is 18.2 Å². The molecule has 100 valence electrons. The Morgan fingerprint density at radius 3 is 2.32 bits per heavy atom. The van der Waals surface area contributed by atoms with Gasteiger partial charge in [0.05, 0.1) is 10.6 Å². The standard InChI is InChI=1S/C13H11Br2NO2S/c14-10-6-5-9(7-12(10)16)8-19(17,18)13-4-2-1-3-11(13)15/h1-7H,8,16H2. The first kappa shape index (κ1) is 14.6. The molecule has 19 heavy (non-hydrogen) atoms. The molecule has 2 N–H and O–H groups in total. The predicted molar refractivity (Wildman–Crippen MR) is 83.6 cm³/mol. The van der Waals surface area contributed by atoms with Crippen molar-refractivity contribution in [3.05, 3.63) is 57.0 Å². The van der Waals surface area contributed by atoms with E-state index in [1.54, 1.807) is 42.5 Å². The van der Waals surface area contributed by atoms with Gasteiger partial charge in [0, 0.05) is 14.6 Å². The molecule has 0 amide bonds. The molecule has 0 aliphatic rings. The summed E-state index contributed by atoms with van der Waals surface area (Å²) in [5.41, 5.74) is 6.95. The van der Waals surface area contributed by atoms with Crippen molar-refractivity contribution < 1.29 is 8.42 Å². The van der Waals surface area contributed by atoms with E-state index in [0.29, 0.717) is 15.7 Å². The maximum absolute atomic E-state index is 12.3. The second-order valence-corrected chi connectivity index (χ2v) is 7.71. The minimum atomic E-state index is -3.39. The molecule has 0 aromatic heterocycles. The maximum atomic E-state index is 12.3. The molecular formula is C13H11Br2NO2S. The summed E-state index contributed by atoms with van der Waals surface area (Å²) in [5, 5.41) is 0. The third-order valence-electron chi connectivity index (χ3n) is 2.59. The first-order valence-electron chi connectivity index (χ1n) is 5.41. The summed E-state index contributed by atoms with van der Waals surface area (Å²) in [6, 6.07) is 11.9. The van der Waals surface area contributed by atoms with Crippen LogP contribution >= 0.6 is 31.9 Å². The molecule has 0 bridgehead atoms. The number of hydrogen-bond donors (Lipinski definition) is 1. The van der Waals surface area contributed by atoms with Crippen LogP contribution < -0.4 is 5.73 Å². The third kappa shape index (κ3) is 3.38. The van der Waals surface area contributed by atoms with E-state index in [-0.39, 0.29) is 10.6 Å². The molecule has 0 radical (unpaired) electrons. The van der Waals surface area contributed by atoms with Crippen molar-refractivity contribution >= 4 is 47.4 Å². The highest BCUT2D eigenvalue weighted by Crippen LogP contribution is 2.26. The van der Waals surface area contributed by atoms with Crippen molar-refractivity contribution in [1.29, 1.82) is 0 Å². The Labute approximate surface area is 129 Å². The Hall–Kier alpha value is -0.850. The molecule has 2 aromatic rings. The van der Waals surface area contributed by atoms with Crippen LogP contribution in [-0.4, -0.2) is 8.42 Å². The van der Waals surface area contributed by atoms with Crippen LogP contribution in [0.2, 0.25) is 0 Å². The Morgan fingerprint density at radius 2 is 1.68 bits per heavy atom. The van der Waals surface area contributed by atoms with E-state index in [2.05, 4.69) is 31.9 Å². The van der Waals surface area contributed by atoms with E-state index in [0.717, 1.165) is 4.47 Å². The summed E-state index contributed by atoms with van der Waals surface area (Å²) >= 11 is 6.54. The summed E-state index contributed by atoms with van der Waals surface area (Å²) in [4.78, 5) is 0.288. The smallest absolute Gasteiger partial charge is 0.183 e. The molecule has 0 atom stereocenters. The highest BCUT2D eigenvalue weighted by Gasteiger charge is 2.18. The monoisotopic (exact) mass is 403 g/mol. The number of nitrogen functional groups attached to an aromatic ring is 1. The topological polar surface area (TPSA) is 60.2 Å². The minimum Gasteiger partial charge on any atom is -0.398 e. The van der Waals surface area contributed by atoms with Crippen LogP contribution in [-0.2, 0) is 15.6 Å². The van der Waals surface area contributed by atoms with Gasteiger partial charge in [0.15, 0.2) is 9.84 Å². The van der Waals surface area contributed by atoms with E-state index in [1.807, 2.05) is 0 Å². The predicted octanol–water partition coefficient (Wildman–Crippen LogP) is 3.77. The molecule has 0 unspecified atom stereocenters. The van der Waals surface area contributed by atoms with Crippen LogP contribution in [0.1, 0.15) is 5.56 Å². The zero-order chi connectivity index (χ0) is 14.0. The minimum absolute atomic E-state index is 0.0763. The van der Waals surface area contributed by atoms with Gasteiger partial charge < -0.3 is 5.73 Å². The molecule has 0 spiro atoms. The molecule has 0 aliphatic carbocycles. The molecule has 0 fully saturated rings. The molecule has 3 nitrogen and oxygen atoms in total. The van der Waals surface area contributed by atoms with E-state index in [9.17, 15) is 8.42 Å². The fourth-order valence-electron chi connectivity index (χ4n) is 1.68. The van der Waals surface area contributed by atoms with Gasteiger partial charge in [-0.15, -0.1) is 0 Å². The van der Waals surface area contributed by atoms with Gasteiger partial charge in [-0.3, -0.25) is 0 Å². The molecule has 0 saturated heterocycles. The molecule has 0 saturated carbocycles. The highest BCUT2D eigenvalue weighted by atomic mass is 79.9. The van der Waals surface area contributed by atoms with E-state index in [1.165, 1.54) is 0 Å². The molecule has 0 aliphatic heterocycles. The Bertz CT molecular complexity index is 714. The lowest BCUT2D eigenvalue weighted by atomic mass is 10.2. The fourth-order valence-corrected chi connectivity index (χ4v) is 4.37. The lowest BCUT2D eigenvalue weighted by Gasteiger charge is -2.08. The zero-order valence-electron chi connectivity index (χ0n) is 9.81. The van der Waals surface area contributed by atoms with Gasteiger partial charge in [0.25, 0.3) is 0 Å². The van der Waals surface area contributed by atoms with Gasteiger partial charge in [0.1, 0.15) is 0 Å². The molecular weight excluding hydrogens is 394 g/mol. The van der Waals surface area contributed by atoms with Gasteiger partial charge in [0.2, 0.25) is 0 Å². The van der Waals surface area contributed by atoms with Crippen molar-refractivity contribution in [1.82, 2.24) is 0 Å². The summed E-state index contributed by atoms with van der Waals surface area (Å²) in [7, 11) is -3.39. The number of anilines is 1. The van der Waals surface area contributed by atoms with Gasteiger partial charge in [-0.2, -0.15) is 0 Å². The second kappa shape index (κ2) is 5.64. The third-order valence-corrected chi connectivity index (χ3v) is 6.00. The first-order valence-corrected chi connectivity index (χ1v) is 8.65. The van der Waals surface area contributed by atoms with Crippen molar-refractivity contribution in [2.45, 2.75) is 10.6 Å². The molecule has 6 heteroatoms. The first-order chi connectivity index (χ1) is 8.90. The number of hydrogen-bond acceptors (Lipinski definition) is 3. The average molecular weight is 405 g/mol.